The molecule has 1 N–H and O–H groups in total. The van der Waals surface area contributed by atoms with Crippen molar-refractivity contribution in [2.24, 2.45) is 0 Å². The number of ether oxygens (including phenoxy) is 1. The van der Waals surface area contributed by atoms with Gasteiger partial charge in [-0.1, -0.05) is 18.2 Å². The van der Waals surface area contributed by atoms with Crippen LogP contribution < -0.4 is 10.2 Å². The van der Waals surface area contributed by atoms with Crippen LogP contribution in [0.3, 0.4) is 0 Å². The van der Waals surface area contributed by atoms with E-state index < -0.39 is 0 Å². The summed E-state index contributed by atoms with van der Waals surface area (Å²) in [4.78, 5) is 14.5. The van der Waals surface area contributed by atoms with Crippen LogP contribution in [0.15, 0.2) is 54.6 Å². The lowest BCUT2D eigenvalue weighted by molar-refractivity contribution is 0.0344. The summed E-state index contributed by atoms with van der Waals surface area (Å²) in [5, 5.41) is 2.93. The molecule has 1 aliphatic heterocycles. The van der Waals surface area contributed by atoms with Crippen LogP contribution in [-0.2, 0) is 4.74 Å². The first-order valence-electron chi connectivity index (χ1n) is 7.98. The maximum Gasteiger partial charge on any atom is 0.255 e. The summed E-state index contributed by atoms with van der Waals surface area (Å²) in [6.07, 6.45) is 0.239. The van der Waals surface area contributed by atoms with E-state index in [0.717, 1.165) is 24.5 Å². The molecular weight excluding hydrogens is 288 g/mol. The smallest absolute Gasteiger partial charge is 0.255 e. The summed E-state index contributed by atoms with van der Waals surface area (Å²) in [6.45, 7) is 5.88. The summed E-state index contributed by atoms with van der Waals surface area (Å²) in [5.74, 6) is -0.0910. The van der Waals surface area contributed by atoms with Gasteiger partial charge in [0, 0.05) is 29.5 Å². The first-order chi connectivity index (χ1) is 11.1. The van der Waals surface area contributed by atoms with E-state index >= 15 is 0 Å². The Morgan fingerprint density at radius 2 is 1.78 bits per heavy atom. The average Bonchev–Trinajstić information content (AvgIpc) is 2.58. The van der Waals surface area contributed by atoms with E-state index in [0.29, 0.717) is 11.6 Å². The molecule has 2 aromatic rings. The number of rotatable bonds is 3. The van der Waals surface area contributed by atoms with Gasteiger partial charge in [0.1, 0.15) is 0 Å². The van der Waals surface area contributed by atoms with Gasteiger partial charge >= 0.3 is 0 Å². The normalized spacial score (nSPS) is 21.0. The number of benzene rings is 2. The SMILES string of the molecule is CC1CN(c2ccc(NC(=O)c3ccccc3)cc2)C(C)CO1. The number of nitrogens with zero attached hydrogens (tertiary/aromatic N) is 1. The number of morpholine rings is 1. The molecule has 120 valence electrons. The van der Waals surface area contributed by atoms with E-state index in [9.17, 15) is 4.79 Å². The Balaban J connectivity index is 1.68. The van der Waals surface area contributed by atoms with E-state index in [4.69, 9.17) is 4.74 Å². The molecule has 4 heteroatoms. The van der Waals surface area contributed by atoms with E-state index in [1.54, 1.807) is 12.1 Å². The van der Waals surface area contributed by atoms with Gasteiger partial charge in [-0.15, -0.1) is 0 Å². The molecule has 0 aliphatic carbocycles. The highest BCUT2D eigenvalue weighted by molar-refractivity contribution is 6.04. The number of nitrogens with one attached hydrogen (secondary N) is 1. The van der Waals surface area contributed by atoms with Gasteiger partial charge in [-0.3, -0.25) is 4.79 Å². The van der Waals surface area contributed by atoms with Crippen molar-refractivity contribution in [1.82, 2.24) is 0 Å². The Morgan fingerprint density at radius 1 is 1.09 bits per heavy atom. The summed E-state index contributed by atoms with van der Waals surface area (Å²) in [5.41, 5.74) is 2.62. The zero-order valence-electron chi connectivity index (χ0n) is 13.5. The number of carbonyl (C=O) groups excluding carboxylic acids is 1. The van der Waals surface area contributed by atoms with Crippen molar-refractivity contribution in [3.05, 3.63) is 60.2 Å². The lowest BCUT2D eigenvalue weighted by Gasteiger charge is -2.38. The third-order valence-corrected chi connectivity index (χ3v) is 4.10. The van der Waals surface area contributed by atoms with Crippen LogP contribution in [-0.4, -0.2) is 31.2 Å². The number of hydrogen-bond acceptors (Lipinski definition) is 3. The predicted octanol–water partition coefficient (Wildman–Crippen LogP) is 3.55. The van der Waals surface area contributed by atoms with Gasteiger partial charge in [-0.25, -0.2) is 0 Å². The first-order valence-corrected chi connectivity index (χ1v) is 7.98. The lowest BCUT2D eigenvalue weighted by Crippen LogP contribution is -2.47. The minimum Gasteiger partial charge on any atom is -0.375 e. The summed E-state index contributed by atoms with van der Waals surface area (Å²) in [6, 6.07) is 17.6. The molecule has 2 aromatic carbocycles. The molecule has 1 amide bonds. The Bertz CT molecular complexity index is 655. The number of carbonyl (C=O) groups is 1. The average molecular weight is 310 g/mol. The third kappa shape index (κ3) is 3.71. The molecule has 1 saturated heterocycles. The van der Waals surface area contributed by atoms with Crippen LogP contribution in [0.25, 0.3) is 0 Å². The van der Waals surface area contributed by atoms with E-state index in [1.807, 2.05) is 30.3 Å². The van der Waals surface area contributed by atoms with E-state index in [-0.39, 0.29) is 12.0 Å². The number of amides is 1. The molecule has 0 saturated carbocycles. The van der Waals surface area contributed by atoms with Crippen LogP contribution in [0.1, 0.15) is 24.2 Å². The molecule has 4 nitrogen and oxygen atoms in total. The topological polar surface area (TPSA) is 41.6 Å². The van der Waals surface area contributed by atoms with Gasteiger partial charge < -0.3 is 15.0 Å². The minimum atomic E-state index is -0.0910. The second-order valence-corrected chi connectivity index (χ2v) is 6.01. The summed E-state index contributed by atoms with van der Waals surface area (Å²) >= 11 is 0. The molecule has 3 rings (SSSR count). The highest BCUT2D eigenvalue weighted by Gasteiger charge is 2.23. The van der Waals surface area contributed by atoms with Gasteiger partial charge in [0.15, 0.2) is 0 Å². The van der Waals surface area contributed by atoms with Gasteiger partial charge in [0.05, 0.1) is 12.7 Å². The molecule has 0 bridgehead atoms. The summed E-state index contributed by atoms with van der Waals surface area (Å²) in [7, 11) is 0. The van der Waals surface area contributed by atoms with Crippen molar-refractivity contribution in [3.8, 4) is 0 Å². The first kappa shape index (κ1) is 15.6. The maximum atomic E-state index is 12.2. The largest absolute Gasteiger partial charge is 0.375 e. The van der Waals surface area contributed by atoms with Crippen LogP contribution in [0, 0.1) is 0 Å². The molecule has 1 heterocycles. The van der Waals surface area contributed by atoms with E-state index in [2.05, 4.69) is 36.2 Å². The fourth-order valence-electron chi connectivity index (χ4n) is 2.79. The molecule has 1 fully saturated rings. The van der Waals surface area contributed by atoms with Crippen molar-refractivity contribution in [2.45, 2.75) is 26.0 Å². The minimum absolute atomic E-state index is 0.0910. The fraction of sp³-hybridized carbons (Fsp3) is 0.316. The summed E-state index contributed by atoms with van der Waals surface area (Å²) < 4.78 is 5.67. The fourth-order valence-corrected chi connectivity index (χ4v) is 2.79. The zero-order valence-corrected chi connectivity index (χ0v) is 13.5. The zero-order chi connectivity index (χ0) is 16.2. The molecule has 0 spiro atoms. The van der Waals surface area contributed by atoms with Crippen LogP contribution >= 0.6 is 0 Å². The molecular formula is C19H22N2O2. The molecule has 2 unspecified atom stereocenters. The Hall–Kier alpha value is -2.33. The quantitative estimate of drug-likeness (QED) is 0.942. The van der Waals surface area contributed by atoms with Gasteiger partial charge in [-0.2, -0.15) is 0 Å². The van der Waals surface area contributed by atoms with Gasteiger partial charge in [0.2, 0.25) is 0 Å². The second kappa shape index (κ2) is 6.84. The highest BCUT2D eigenvalue weighted by atomic mass is 16.5. The molecule has 1 aliphatic rings. The molecule has 0 radical (unpaired) electrons. The Labute approximate surface area is 137 Å². The van der Waals surface area contributed by atoms with Crippen molar-refractivity contribution in [2.75, 3.05) is 23.4 Å². The van der Waals surface area contributed by atoms with Crippen molar-refractivity contribution in [3.63, 3.8) is 0 Å². The van der Waals surface area contributed by atoms with Crippen LogP contribution in [0.4, 0.5) is 11.4 Å². The van der Waals surface area contributed by atoms with Crippen LogP contribution in [0.5, 0.6) is 0 Å². The Kier molecular flexibility index (Phi) is 4.63. The lowest BCUT2D eigenvalue weighted by atomic mass is 10.1. The number of hydrogen-bond donors (Lipinski definition) is 1. The van der Waals surface area contributed by atoms with Crippen molar-refractivity contribution in [1.29, 1.82) is 0 Å². The van der Waals surface area contributed by atoms with E-state index in [1.165, 1.54) is 0 Å². The molecule has 2 atom stereocenters. The standard InChI is InChI=1S/C19H22N2O2/c1-14-13-23-15(2)12-21(14)18-10-8-17(9-11-18)20-19(22)16-6-4-3-5-7-16/h3-11,14-15H,12-13H2,1-2H3,(H,20,22). The monoisotopic (exact) mass is 310 g/mol. The van der Waals surface area contributed by atoms with Crippen LogP contribution in [0.2, 0.25) is 0 Å². The third-order valence-electron chi connectivity index (χ3n) is 4.10. The highest BCUT2D eigenvalue weighted by Crippen LogP contribution is 2.23. The Morgan fingerprint density at radius 3 is 2.48 bits per heavy atom. The van der Waals surface area contributed by atoms with Crippen molar-refractivity contribution >= 4 is 17.3 Å². The van der Waals surface area contributed by atoms with Crippen molar-refractivity contribution < 1.29 is 9.53 Å². The molecule has 23 heavy (non-hydrogen) atoms. The number of anilines is 2. The second-order valence-electron chi connectivity index (χ2n) is 6.01. The maximum absolute atomic E-state index is 12.2. The molecule has 0 aromatic heterocycles. The predicted molar refractivity (Wildman–Crippen MR) is 93.1 cm³/mol. The van der Waals surface area contributed by atoms with Gasteiger partial charge in [-0.05, 0) is 50.2 Å². The van der Waals surface area contributed by atoms with Gasteiger partial charge in [0.25, 0.3) is 5.91 Å².